The van der Waals surface area contributed by atoms with Gasteiger partial charge in [-0.2, -0.15) is 0 Å². The first-order valence-corrected chi connectivity index (χ1v) is 7.09. The molecule has 1 aliphatic rings. The number of unbranched alkanes of at least 4 members (excludes halogenated alkanes) is 1. The van der Waals surface area contributed by atoms with Crippen molar-refractivity contribution in [3.05, 3.63) is 35.9 Å². The van der Waals surface area contributed by atoms with E-state index >= 15 is 0 Å². The van der Waals surface area contributed by atoms with Crippen molar-refractivity contribution in [3.63, 3.8) is 0 Å². The topological polar surface area (TPSA) is 3.24 Å². The third-order valence-electron chi connectivity index (χ3n) is 3.77. The zero-order valence-corrected chi connectivity index (χ0v) is 11.4. The molecule has 1 nitrogen and oxygen atoms in total. The molecule has 0 bridgehead atoms. The van der Waals surface area contributed by atoms with E-state index < -0.39 is 0 Å². The van der Waals surface area contributed by atoms with E-state index in [-0.39, 0.29) is 4.87 Å². The van der Waals surface area contributed by atoms with Crippen molar-refractivity contribution in [1.82, 2.24) is 4.90 Å². The van der Waals surface area contributed by atoms with Gasteiger partial charge in [0.1, 0.15) is 0 Å². The molecule has 0 N–H and O–H groups in total. The quantitative estimate of drug-likeness (QED) is 0.731. The lowest BCUT2D eigenvalue weighted by Gasteiger charge is -2.38. The summed E-state index contributed by atoms with van der Waals surface area (Å²) in [6, 6.07) is 10.6. The van der Waals surface area contributed by atoms with Crippen molar-refractivity contribution in [2.24, 2.45) is 0 Å². The Hall–Kier alpha value is -0.530. The van der Waals surface area contributed by atoms with Gasteiger partial charge in [-0.1, -0.05) is 43.7 Å². The van der Waals surface area contributed by atoms with E-state index in [0.29, 0.717) is 0 Å². The average molecular weight is 252 g/mol. The Kier molecular flexibility index (Phi) is 4.47. The molecule has 1 heterocycles. The summed E-state index contributed by atoms with van der Waals surface area (Å²) in [5, 5.41) is 0. The number of hydrogen-bond acceptors (Lipinski definition) is 1. The lowest BCUT2D eigenvalue weighted by Crippen LogP contribution is -2.40. The minimum Gasteiger partial charge on any atom is -0.303 e. The summed E-state index contributed by atoms with van der Waals surface area (Å²) in [5.41, 5.74) is 1.29. The van der Waals surface area contributed by atoms with Gasteiger partial charge in [-0.05, 0) is 31.4 Å². The highest BCUT2D eigenvalue weighted by atomic mass is 35.5. The predicted octanol–water partition coefficient (Wildman–Crippen LogP) is 4.02. The fourth-order valence-electron chi connectivity index (χ4n) is 2.54. The van der Waals surface area contributed by atoms with Crippen LogP contribution in [0.2, 0.25) is 0 Å². The van der Waals surface area contributed by atoms with E-state index in [0.717, 1.165) is 25.9 Å². The van der Waals surface area contributed by atoms with Crippen LogP contribution in [0.1, 0.15) is 38.2 Å². The first-order valence-electron chi connectivity index (χ1n) is 6.71. The molecule has 0 saturated carbocycles. The molecule has 0 radical (unpaired) electrons. The highest BCUT2D eigenvalue weighted by Crippen LogP contribution is 2.39. The maximum atomic E-state index is 6.77. The minimum atomic E-state index is -0.121. The molecular weight excluding hydrogens is 230 g/mol. The third kappa shape index (κ3) is 3.23. The largest absolute Gasteiger partial charge is 0.303 e. The normalized spacial score (nSPS) is 20.4. The zero-order valence-electron chi connectivity index (χ0n) is 10.7. The molecule has 2 heteroatoms. The van der Waals surface area contributed by atoms with Gasteiger partial charge in [0, 0.05) is 13.1 Å². The van der Waals surface area contributed by atoms with Crippen LogP contribution in [0.25, 0.3) is 0 Å². The van der Waals surface area contributed by atoms with Crippen molar-refractivity contribution in [2.45, 2.75) is 37.5 Å². The monoisotopic (exact) mass is 251 g/mol. The first kappa shape index (κ1) is 12.9. The van der Waals surface area contributed by atoms with Crippen molar-refractivity contribution in [1.29, 1.82) is 0 Å². The molecular formula is C15H22ClN. The van der Waals surface area contributed by atoms with Gasteiger partial charge >= 0.3 is 0 Å². The Labute approximate surface area is 110 Å². The molecule has 1 aromatic rings. The van der Waals surface area contributed by atoms with Gasteiger partial charge in [0.05, 0.1) is 4.87 Å². The molecule has 1 fully saturated rings. The summed E-state index contributed by atoms with van der Waals surface area (Å²) in [4.78, 5) is 2.43. The van der Waals surface area contributed by atoms with Crippen LogP contribution in [0.4, 0.5) is 0 Å². The van der Waals surface area contributed by atoms with Crippen molar-refractivity contribution < 1.29 is 0 Å². The van der Waals surface area contributed by atoms with Crippen LogP contribution < -0.4 is 0 Å². The van der Waals surface area contributed by atoms with E-state index in [9.17, 15) is 0 Å². The van der Waals surface area contributed by atoms with Crippen LogP contribution in [-0.4, -0.2) is 24.5 Å². The SMILES string of the molecule is CCCCN1CCC(Cl)(c2ccccc2)CC1. The van der Waals surface area contributed by atoms with Crippen LogP contribution in [-0.2, 0) is 4.87 Å². The Bertz CT molecular complexity index is 328. The van der Waals surface area contributed by atoms with Crippen LogP contribution in [0, 0.1) is 0 Å². The Morgan fingerprint density at radius 2 is 1.82 bits per heavy atom. The van der Waals surface area contributed by atoms with Gasteiger partial charge in [0.2, 0.25) is 0 Å². The van der Waals surface area contributed by atoms with E-state index in [1.54, 1.807) is 0 Å². The fourth-order valence-corrected chi connectivity index (χ4v) is 2.83. The summed E-state index contributed by atoms with van der Waals surface area (Å²) in [6.45, 7) is 5.76. The molecule has 2 rings (SSSR count). The molecule has 1 aliphatic heterocycles. The molecule has 0 aliphatic carbocycles. The average Bonchev–Trinajstić information content (AvgIpc) is 2.39. The maximum absolute atomic E-state index is 6.77. The summed E-state index contributed by atoms with van der Waals surface area (Å²) in [7, 11) is 0. The number of likely N-dealkylation sites (tertiary alicyclic amines) is 1. The lowest BCUT2D eigenvalue weighted by molar-refractivity contribution is 0.195. The molecule has 1 aromatic carbocycles. The summed E-state index contributed by atoms with van der Waals surface area (Å²) in [6.07, 6.45) is 4.73. The summed E-state index contributed by atoms with van der Waals surface area (Å²) < 4.78 is 0. The third-order valence-corrected chi connectivity index (χ3v) is 4.36. The Morgan fingerprint density at radius 3 is 2.41 bits per heavy atom. The summed E-state index contributed by atoms with van der Waals surface area (Å²) >= 11 is 6.77. The smallest absolute Gasteiger partial charge is 0.0719 e. The number of hydrogen-bond donors (Lipinski definition) is 0. The molecule has 0 amide bonds. The van der Waals surface area contributed by atoms with Crippen molar-refractivity contribution >= 4 is 11.6 Å². The van der Waals surface area contributed by atoms with E-state index in [2.05, 4.69) is 42.2 Å². The summed E-state index contributed by atoms with van der Waals surface area (Å²) in [5.74, 6) is 0. The molecule has 17 heavy (non-hydrogen) atoms. The van der Waals surface area contributed by atoms with Crippen LogP contribution in [0.5, 0.6) is 0 Å². The number of benzene rings is 1. The van der Waals surface area contributed by atoms with Gasteiger partial charge in [0.15, 0.2) is 0 Å². The zero-order chi connectivity index (χ0) is 12.1. The minimum absolute atomic E-state index is 0.121. The van der Waals surface area contributed by atoms with Gasteiger partial charge in [0.25, 0.3) is 0 Å². The second kappa shape index (κ2) is 5.88. The molecule has 0 atom stereocenters. The fraction of sp³-hybridized carbons (Fsp3) is 0.600. The number of rotatable bonds is 4. The van der Waals surface area contributed by atoms with E-state index in [4.69, 9.17) is 11.6 Å². The number of alkyl halides is 1. The first-order chi connectivity index (χ1) is 8.24. The van der Waals surface area contributed by atoms with Gasteiger partial charge in [-0.15, -0.1) is 11.6 Å². The highest BCUT2D eigenvalue weighted by Gasteiger charge is 2.33. The van der Waals surface area contributed by atoms with Crippen LogP contribution in [0.3, 0.4) is 0 Å². The van der Waals surface area contributed by atoms with Crippen molar-refractivity contribution in [2.75, 3.05) is 19.6 Å². The van der Waals surface area contributed by atoms with Gasteiger partial charge in [-0.3, -0.25) is 0 Å². The number of nitrogens with zero attached hydrogens (tertiary/aromatic N) is 1. The van der Waals surface area contributed by atoms with E-state index in [1.165, 1.54) is 24.9 Å². The molecule has 94 valence electrons. The van der Waals surface area contributed by atoms with Gasteiger partial charge < -0.3 is 4.90 Å². The second-order valence-electron chi connectivity index (χ2n) is 5.03. The van der Waals surface area contributed by atoms with Gasteiger partial charge in [-0.25, -0.2) is 0 Å². The number of halogens is 1. The Morgan fingerprint density at radius 1 is 1.18 bits per heavy atom. The van der Waals surface area contributed by atoms with Crippen LogP contribution in [0.15, 0.2) is 30.3 Å². The van der Waals surface area contributed by atoms with Crippen LogP contribution >= 0.6 is 11.6 Å². The standard InChI is InChI=1S/C15H22ClN/c1-2-3-11-17-12-9-15(16,10-13-17)14-7-5-4-6-8-14/h4-8H,2-3,9-13H2,1H3. The maximum Gasteiger partial charge on any atom is 0.0719 e. The predicted molar refractivity (Wildman–Crippen MR) is 74.6 cm³/mol. The second-order valence-corrected chi connectivity index (χ2v) is 5.75. The lowest BCUT2D eigenvalue weighted by atomic mass is 9.88. The molecule has 0 spiro atoms. The van der Waals surface area contributed by atoms with Crippen molar-refractivity contribution in [3.8, 4) is 0 Å². The Balaban J connectivity index is 1.93. The molecule has 1 saturated heterocycles. The van der Waals surface area contributed by atoms with E-state index in [1.807, 2.05) is 0 Å². The molecule has 0 aromatic heterocycles. The highest BCUT2D eigenvalue weighted by molar-refractivity contribution is 6.24. The molecule has 0 unspecified atom stereocenters. The number of piperidine rings is 1.